The monoisotopic (exact) mass is 322 g/mol. The van der Waals surface area contributed by atoms with Crippen LogP contribution in [0.3, 0.4) is 0 Å². The highest BCUT2D eigenvalue weighted by atomic mass is 35.5. The van der Waals surface area contributed by atoms with Crippen LogP contribution in [0, 0.1) is 10.8 Å². The lowest BCUT2D eigenvalue weighted by atomic mass is 9.65. The van der Waals surface area contributed by atoms with Crippen LogP contribution in [0.15, 0.2) is 0 Å². The standard InChI is InChI=1S/C15H24F2N2O.ClH/c1-13(2)4-10-5-14(3,7-13)9-19(10)12(20)11-6-15(16,17)8-18-11;/h10-11,18H,4-9H2,1-3H3;1H. The molecular weight excluding hydrogens is 298 g/mol. The van der Waals surface area contributed by atoms with E-state index in [-0.39, 0.29) is 48.2 Å². The highest BCUT2D eigenvalue weighted by Crippen LogP contribution is 2.52. The summed E-state index contributed by atoms with van der Waals surface area (Å²) in [6, 6.07) is -0.469. The molecule has 2 aliphatic heterocycles. The Balaban J connectivity index is 0.00000161. The Labute approximate surface area is 131 Å². The quantitative estimate of drug-likeness (QED) is 0.805. The largest absolute Gasteiger partial charge is 0.338 e. The second kappa shape index (κ2) is 5.05. The van der Waals surface area contributed by atoms with Gasteiger partial charge in [-0.05, 0) is 30.1 Å². The summed E-state index contributed by atoms with van der Waals surface area (Å²) < 4.78 is 26.6. The normalized spacial score (nSPS) is 40.0. The number of halogens is 3. The zero-order valence-electron chi connectivity index (χ0n) is 12.9. The lowest BCUT2D eigenvalue weighted by molar-refractivity contribution is -0.134. The van der Waals surface area contributed by atoms with E-state index in [2.05, 4.69) is 26.1 Å². The third-order valence-corrected chi connectivity index (χ3v) is 5.11. The van der Waals surface area contributed by atoms with Crippen LogP contribution < -0.4 is 5.32 Å². The fourth-order valence-electron chi connectivity index (χ4n) is 4.81. The molecule has 6 heteroatoms. The van der Waals surface area contributed by atoms with Crippen molar-refractivity contribution >= 4 is 18.3 Å². The summed E-state index contributed by atoms with van der Waals surface area (Å²) in [4.78, 5) is 14.4. The highest BCUT2D eigenvalue weighted by molar-refractivity contribution is 5.85. The van der Waals surface area contributed by atoms with E-state index in [4.69, 9.17) is 0 Å². The van der Waals surface area contributed by atoms with Crippen LogP contribution in [0.2, 0.25) is 0 Å². The zero-order chi connectivity index (χ0) is 14.8. The van der Waals surface area contributed by atoms with Gasteiger partial charge >= 0.3 is 0 Å². The van der Waals surface area contributed by atoms with Gasteiger partial charge in [-0.1, -0.05) is 20.8 Å². The van der Waals surface area contributed by atoms with Gasteiger partial charge in [0, 0.05) is 19.0 Å². The zero-order valence-corrected chi connectivity index (χ0v) is 13.7. The number of nitrogens with zero attached hydrogens (tertiary/aromatic N) is 1. The molecule has 122 valence electrons. The van der Waals surface area contributed by atoms with Crippen molar-refractivity contribution in [3.63, 3.8) is 0 Å². The van der Waals surface area contributed by atoms with Crippen LogP contribution in [0.4, 0.5) is 8.78 Å². The number of likely N-dealkylation sites (tertiary alicyclic amines) is 1. The smallest absolute Gasteiger partial charge is 0.262 e. The van der Waals surface area contributed by atoms with E-state index in [0.29, 0.717) is 0 Å². The lowest BCUT2D eigenvalue weighted by Crippen LogP contribution is -2.46. The molecule has 21 heavy (non-hydrogen) atoms. The van der Waals surface area contributed by atoms with E-state index in [1.165, 1.54) is 0 Å². The molecule has 0 aromatic rings. The summed E-state index contributed by atoms with van der Waals surface area (Å²) in [6.45, 7) is 7.07. The first-order valence-electron chi connectivity index (χ1n) is 7.51. The Morgan fingerprint density at radius 1 is 1.19 bits per heavy atom. The van der Waals surface area contributed by atoms with E-state index >= 15 is 0 Å². The van der Waals surface area contributed by atoms with Crippen LogP contribution >= 0.6 is 12.4 Å². The Bertz CT molecular complexity index is 443. The number of amides is 1. The second-order valence-corrected chi connectivity index (χ2v) is 8.17. The summed E-state index contributed by atoms with van der Waals surface area (Å²) in [5, 5.41) is 2.70. The molecule has 0 radical (unpaired) electrons. The molecule has 3 unspecified atom stereocenters. The van der Waals surface area contributed by atoms with E-state index in [9.17, 15) is 13.6 Å². The van der Waals surface area contributed by atoms with Crippen LogP contribution in [0.1, 0.15) is 46.5 Å². The van der Waals surface area contributed by atoms with E-state index < -0.39 is 12.0 Å². The Kier molecular flexibility index (Phi) is 4.08. The number of alkyl halides is 2. The van der Waals surface area contributed by atoms with Crippen molar-refractivity contribution in [1.29, 1.82) is 0 Å². The minimum absolute atomic E-state index is 0. The Morgan fingerprint density at radius 3 is 2.43 bits per heavy atom. The molecule has 3 fully saturated rings. The molecule has 0 spiro atoms. The van der Waals surface area contributed by atoms with Crippen LogP contribution in [-0.4, -0.2) is 41.9 Å². The van der Waals surface area contributed by atoms with E-state index in [0.717, 1.165) is 25.8 Å². The van der Waals surface area contributed by atoms with Gasteiger partial charge in [-0.25, -0.2) is 8.78 Å². The minimum Gasteiger partial charge on any atom is -0.338 e. The first-order valence-corrected chi connectivity index (χ1v) is 7.51. The van der Waals surface area contributed by atoms with Crippen molar-refractivity contribution < 1.29 is 13.6 Å². The Hall–Kier alpha value is -0.420. The SMILES string of the molecule is CC1(C)CC2CC(C)(CN2C(=O)C2CC(F)(F)CN2)C1.Cl. The Morgan fingerprint density at radius 2 is 1.86 bits per heavy atom. The third-order valence-electron chi connectivity index (χ3n) is 5.11. The lowest BCUT2D eigenvalue weighted by Gasteiger charge is -2.39. The maximum absolute atomic E-state index is 13.3. The molecule has 1 aliphatic carbocycles. The second-order valence-electron chi connectivity index (χ2n) is 8.17. The predicted molar refractivity (Wildman–Crippen MR) is 79.8 cm³/mol. The average Bonchev–Trinajstić information content (AvgIpc) is 2.74. The predicted octanol–water partition coefficient (Wildman–Crippen LogP) is 2.83. The van der Waals surface area contributed by atoms with Gasteiger partial charge in [0.2, 0.25) is 5.91 Å². The van der Waals surface area contributed by atoms with Gasteiger partial charge in [0.25, 0.3) is 5.92 Å². The summed E-state index contributed by atoms with van der Waals surface area (Å²) in [6.07, 6.45) is 2.76. The van der Waals surface area contributed by atoms with Crippen molar-refractivity contribution in [3.05, 3.63) is 0 Å². The summed E-state index contributed by atoms with van der Waals surface area (Å²) >= 11 is 0. The van der Waals surface area contributed by atoms with Crippen molar-refractivity contribution in [3.8, 4) is 0 Å². The molecule has 3 rings (SSSR count). The van der Waals surface area contributed by atoms with Gasteiger partial charge in [-0.2, -0.15) is 0 Å². The van der Waals surface area contributed by atoms with Crippen LogP contribution in [0.5, 0.6) is 0 Å². The molecule has 0 aromatic heterocycles. The van der Waals surface area contributed by atoms with Crippen LogP contribution in [-0.2, 0) is 4.79 Å². The van der Waals surface area contributed by atoms with Crippen molar-refractivity contribution in [2.45, 2.75) is 64.5 Å². The molecule has 2 saturated heterocycles. The summed E-state index contributed by atoms with van der Waals surface area (Å²) in [5.41, 5.74) is 0.392. The van der Waals surface area contributed by atoms with Gasteiger partial charge < -0.3 is 4.90 Å². The number of hydrogen-bond acceptors (Lipinski definition) is 2. The number of rotatable bonds is 1. The average molecular weight is 323 g/mol. The molecule has 2 heterocycles. The maximum Gasteiger partial charge on any atom is 0.262 e. The number of fused-ring (bicyclic) bond motifs is 2. The molecule has 1 N–H and O–H groups in total. The number of carbonyl (C=O) groups is 1. The van der Waals surface area contributed by atoms with Crippen LogP contribution in [0.25, 0.3) is 0 Å². The van der Waals surface area contributed by atoms with Crippen molar-refractivity contribution in [2.75, 3.05) is 13.1 Å². The molecule has 3 nitrogen and oxygen atoms in total. The molecule has 0 aromatic carbocycles. The fraction of sp³-hybridized carbons (Fsp3) is 0.933. The van der Waals surface area contributed by atoms with Gasteiger partial charge in [0.05, 0.1) is 12.6 Å². The van der Waals surface area contributed by atoms with Gasteiger partial charge in [-0.15, -0.1) is 12.4 Å². The number of nitrogens with one attached hydrogen (secondary N) is 1. The van der Waals surface area contributed by atoms with Crippen molar-refractivity contribution in [2.24, 2.45) is 10.8 Å². The third kappa shape index (κ3) is 3.19. The molecular formula is C15H25ClF2N2O. The molecule has 1 saturated carbocycles. The fourth-order valence-corrected chi connectivity index (χ4v) is 4.81. The van der Waals surface area contributed by atoms with Gasteiger partial charge in [-0.3, -0.25) is 10.1 Å². The summed E-state index contributed by atoms with van der Waals surface area (Å²) in [5.74, 6) is -2.85. The van der Waals surface area contributed by atoms with Gasteiger partial charge in [0.15, 0.2) is 0 Å². The first-order chi connectivity index (χ1) is 9.09. The first kappa shape index (κ1) is 16.9. The van der Waals surface area contributed by atoms with Crippen molar-refractivity contribution in [1.82, 2.24) is 10.2 Å². The highest BCUT2D eigenvalue weighted by Gasteiger charge is 2.53. The topological polar surface area (TPSA) is 32.3 Å². The molecule has 2 bridgehead atoms. The number of hydrogen-bond donors (Lipinski definition) is 1. The molecule has 1 amide bonds. The van der Waals surface area contributed by atoms with E-state index in [1.807, 2.05) is 4.90 Å². The summed E-state index contributed by atoms with van der Waals surface area (Å²) in [7, 11) is 0. The molecule has 3 atom stereocenters. The maximum atomic E-state index is 13.3. The van der Waals surface area contributed by atoms with E-state index in [1.54, 1.807) is 0 Å². The minimum atomic E-state index is -2.74. The molecule has 3 aliphatic rings. The number of carbonyl (C=O) groups excluding carboxylic acids is 1. The van der Waals surface area contributed by atoms with Gasteiger partial charge in [0.1, 0.15) is 0 Å².